The van der Waals surface area contributed by atoms with Crippen LogP contribution in [0.3, 0.4) is 0 Å². The number of nitrogens with zero attached hydrogens (tertiary/aromatic N) is 2. The van der Waals surface area contributed by atoms with Crippen LogP contribution in [-0.2, 0) is 0 Å². The van der Waals surface area contributed by atoms with E-state index in [1.54, 1.807) is 0 Å². The van der Waals surface area contributed by atoms with E-state index in [1.807, 2.05) is 48.5 Å². The second-order valence-corrected chi connectivity index (χ2v) is 9.47. The molecule has 2 aliphatic rings. The lowest BCUT2D eigenvalue weighted by Gasteiger charge is -2.19. The second kappa shape index (κ2) is 12.9. The predicted octanol–water partition coefficient (Wildman–Crippen LogP) is 4.87. The molecule has 2 aromatic carbocycles. The highest BCUT2D eigenvalue weighted by Gasteiger charge is 2.21. The highest BCUT2D eigenvalue weighted by Crippen LogP contribution is 2.23. The smallest absolute Gasteiger partial charge is 0.123 e. The number of benzene rings is 2. The number of hydrogen-bond donors (Lipinski definition) is 0. The van der Waals surface area contributed by atoms with Crippen LogP contribution < -0.4 is 18.9 Å². The van der Waals surface area contributed by atoms with Gasteiger partial charge in [0.25, 0.3) is 0 Å². The van der Waals surface area contributed by atoms with Gasteiger partial charge in [-0.25, -0.2) is 0 Å². The molecule has 0 aromatic heterocycles. The van der Waals surface area contributed by atoms with Crippen molar-refractivity contribution in [3.05, 3.63) is 48.5 Å². The Bertz CT molecular complexity index is 805. The normalized spacial score (nSPS) is 21.0. The summed E-state index contributed by atoms with van der Waals surface area (Å²) in [6.07, 6.45) is 7.27. The van der Waals surface area contributed by atoms with Crippen molar-refractivity contribution < 1.29 is 18.9 Å². The van der Waals surface area contributed by atoms with Crippen molar-refractivity contribution in [1.82, 2.24) is 9.80 Å². The van der Waals surface area contributed by atoms with Crippen LogP contribution in [0.1, 0.15) is 38.5 Å². The Morgan fingerprint density at radius 1 is 0.618 bits per heavy atom. The van der Waals surface area contributed by atoms with Gasteiger partial charge in [0, 0.05) is 24.2 Å². The van der Waals surface area contributed by atoms with Gasteiger partial charge >= 0.3 is 0 Å². The van der Waals surface area contributed by atoms with Crippen LogP contribution in [0.2, 0.25) is 0 Å². The second-order valence-electron chi connectivity index (χ2n) is 9.47. The monoisotopic (exact) mass is 468 g/mol. The molecule has 0 bridgehead atoms. The molecule has 2 atom stereocenters. The molecule has 0 saturated carbocycles. The quantitative estimate of drug-likeness (QED) is 0.391. The molecular weight excluding hydrogens is 428 g/mol. The highest BCUT2D eigenvalue weighted by molar-refractivity contribution is 5.34. The predicted molar refractivity (Wildman–Crippen MR) is 135 cm³/mol. The SMILES string of the molecule is CN1CCCC1CCOc1cccc(OCCOc2cccc(OCCC3CCCN3C)c2)c1. The first-order chi connectivity index (χ1) is 16.7. The van der Waals surface area contributed by atoms with E-state index in [0.29, 0.717) is 25.3 Å². The van der Waals surface area contributed by atoms with Gasteiger partial charge < -0.3 is 28.7 Å². The van der Waals surface area contributed by atoms with Crippen molar-refractivity contribution in [2.75, 3.05) is 53.6 Å². The molecule has 0 spiro atoms. The molecule has 0 amide bonds. The maximum absolute atomic E-state index is 5.96. The van der Waals surface area contributed by atoms with E-state index in [-0.39, 0.29) is 0 Å². The summed E-state index contributed by atoms with van der Waals surface area (Å²) >= 11 is 0. The molecule has 2 aromatic rings. The van der Waals surface area contributed by atoms with Crippen LogP contribution in [0.25, 0.3) is 0 Å². The van der Waals surface area contributed by atoms with E-state index in [9.17, 15) is 0 Å². The van der Waals surface area contributed by atoms with Gasteiger partial charge in [0.2, 0.25) is 0 Å². The molecular formula is C28H40N2O4. The Hall–Kier alpha value is -2.44. The third kappa shape index (κ3) is 7.54. The molecule has 0 aliphatic carbocycles. The van der Waals surface area contributed by atoms with Gasteiger partial charge in [-0.2, -0.15) is 0 Å². The first kappa shape index (κ1) is 24.7. The lowest BCUT2D eigenvalue weighted by Crippen LogP contribution is -2.26. The summed E-state index contributed by atoms with van der Waals surface area (Å²) < 4.78 is 23.7. The van der Waals surface area contributed by atoms with Crippen molar-refractivity contribution in [2.45, 2.75) is 50.6 Å². The Morgan fingerprint density at radius 2 is 1.00 bits per heavy atom. The average molecular weight is 469 g/mol. The number of rotatable bonds is 13. The Morgan fingerprint density at radius 3 is 1.35 bits per heavy atom. The van der Waals surface area contributed by atoms with Crippen LogP contribution in [0, 0.1) is 0 Å². The maximum Gasteiger partial charge on any atom is 0.123 e. The van der Waals surface area contributed by atoms with Gasteiger partial charge in [0.15, 0.2) is 0 Å². The van der Waals surface area contributed by atoms with Gasteiger partial charge in [-0.3, -0.25) is 0 Å². The number of ether oxygens (including phenoxy) is 4. The zero-order valence-electron chi connectivity index (χ0n) is 20.8. The fourth-order valence-electron chi connectivity index (χ4n) is 4.94. The van der Waals surface area contributed by atoms with Gasteiger partial charge in [0.1, 0.15) is 36.2 Å². The molecule has 2 saturated heterocycles. The first-order valence-corrected chi connectivity index (χ1v) is 12.8. The molecule has 34 heavy (non-hydrogen) atoms. The molecule has 2 heterocycles. The summed E-state index contributed by atoms with van der Waals surface area (Å²) in [5.74, 6) is 3.31. The van der Waals surface area contributed by atoms with E-state index in [0.717, 1.165) is 49.1 Å². The van der Waals surface area contributed by atoms with Crippen LogP contribution >= 0.6 is 0 Å². The molecule has 4 rings (SSSR count). The van der Waals surface area contributed by atoms with Gasteiger partial charge in [-0.05, 0) is 90.0 Å². The fraction of sp³-hybridized carbons (Fsp3) is 0.571. The molecule has 6 nitrogen and oxygen atoms in total. The molecule has 2 fully saturated rings. The molecule has 186 valence electrons. The van der Waals surface area contributed by atoms with Crippen molar-refractivity contribution in [3.8, 4) is 23.0 Å². The first-order valence-electron chi connectivity index (χ1n) is 12.8. The molecule has 0 radical (unpaired) electrons. The summed E-state index contributed by atoms with van der Waals surface area (Å²) in [5, 5.41) is 0. The van der Waals surface area contributed by atoms with E-state index in [1.165, 1.54) is 38.8 Å². The van der Waals surface area contributed by atoms with Crippen LogP contribution in [0.5, 0.6) is 23.0 Å². The molecule has 0 N–H and O–H groups in total. The van der Waals surface area contributed by atoms with Crippen LogP contribution in [0.4, 0.5) is 0 Å². The summed E-state index contributed by atoms with van der Waals surface area (Å²) in [6, 6.07) is 17.0. The third-order valence-electron chi connectivity index (χ3n) is 7.01. The Balaban J connectivity index is 1.13. The minimum atomic E-state index is 0.468. The molecule has 2 aliphatic heterocycles. The van der Waals surface area contributed by atoms with Crippen molar-refractivity contribution in [3.63, 3.8) is 0 Å². The van der Waals surface area contributed by atoms with E-state index in [2.05, 4.69) is 23.9 Å². The number of hydrogen-bond acceptors (Lipinski definition) is 6. The van der Waals surface area contributed by atoms with Crippen molar-refractivity contribution in [2.24, 2.45) is 0 Å². The zero-order chi connectivity index (χ0) is 23.6. The van der Waals surface area contributed by atoms with E-state index >= 15 is 0 Å². The summed E-state index contributed by atoms with van der Waals surface area (Å²) in [5.41, 5.74) is 0. The van der Waals surface area contributed by atoms with E-state index < -0.39 is 0 Å². The lowest BCUT2D eigenvalue weighted by molar-refractivity contribution is 0.212. The van der Waals surface area contributed by atoms with Crippen molar-refractivity contribution in [1.29, 1.82) is 0 Å². The summed E-state index contributed by atoms with van der Waals surface area (Å²) in [6.45, 7) is 4.80. The van der Waals surface area contributed by atoms with Gasteiger partial charge in [-0.15, -0.1) is 0 Å². The van der Waals surface area contributed by atoms with Gasteiger partial charge in [0.05, 0.1) is 13.2 Å². The minimum absolute atomic E-state index is 0.468. The van der Waals surface area contributed by atoms with Crippen LogP contribution in [0.15, 0.2) is 48.5 Å². The zero-order valence-corrected chi connectivity index (χ0v) is 20.8. The highest BCUT2D eigenvalue weighted by atomic mass is 16.5. The topological polar surface area (TPSA) is 43.4 Å². The molecule has 6 heteroatoms. The van der Waals surface area contributed by atoms with Crippen molar-refractivity contribution >= 4 is 0 Å². The molecule has 2 unspecified atom stereocenters. The average Bonchev–Trinajstić information content (AvgIpc) is 3.45. The third-order valence-corrected chi connectivity index (χ3v) is 7.01. The largest absolute Gasteiger partial charge is 0.493 e. The van der Waals surface area contributed by atoms with E-state index in [4.69, 9.17) is 18.9 Å². The van der Waals surface area contributed by atoms with Gasteiger partial charge in [-0.1, -0.05) is 12.1 Å². The fourth-order valence-corrected chi connectivity index (χ4v) is 4.94. The maximum atomic E-state index is 5.96. The summed E-state index contributed by atoms with van der Waals surface area (Å²) in [4.78, 5) is 4.86. The minimum Gasteiger partial charge on any atom is -0.493 e. The summed E-state index contributed by atoms with van der Waals surface area (Å²) in [7, 11) is 4.40. The Labute approximate surface area is 204 Å². The van der Waals surface area contributed by atoms with Crippen LogP contribution in [-0.4, -0.2) is 75.5 Å². The standard InChI is InChI=1S/C28H40N2O4/c1-29-15-5-7-23(29)13-17-31-25-9-3-11-27(21-25)33-19-20-34-28-12-4-10-26(22-28)32-18-14-24-8-6-16-30(24)2/h3-4,9-12,21-24H,5-8,13-20H2,1-2H3. The number of likely N-dealkylation sites (tertiary alicyclic amines) is 2. The lowest BCUT2D eigenvalue weighted by atomic mass is 10.1. The Kier molecular flexibility index (Phi) is 9.34.